The van der Waals surface area contributed by atoms with Gasteiger partial charge in [-0.1, -0.05) is 0 Å². The third kappa shape index (κ3) is 4.98. The second-order valence-corrected chi connectivity index (χ2v) is 6.69. The van der Waals surface area contributed by atoms with Crippen molar-refractivity contribution < 1.29 is 29.0 Å². The summed E-state index contributed by atoms with van der Waals surface area (Å²) < 4.78 is 10.3. The minimum absolute atomic E-state index is 0.0534. The van der Waals surface area contributed by atoms with Gasteiger partial charge in [0, 0.05) is 6.20 Å². The lowest BCUT2D eigenvalue weighted by Gasteiger charge is -2.07. The summed E-state index contributed by atoms with van der Waals surface area (Å²) in [5.41, 5.74) is -0.277. The molecule has 0 saturated carbocycles. The van der Waals surface area contributed by atoms with Crippen LogP contribution in [0, 0.1) is 2.88 Å². The zero-order chi connectivity index (χ0) is 16.7. The number of carbonyl (C=O) groups is 3. The van der Waals surface area contributed by atoms with E-state index in [0.29, 0.717) is 5.00 Å². The van der Waals surface area contributed by atoms with Gasteiger partial charge in [-0.15, -0.1) is 11.3 Å². The summed E-state index contributed by atoms with van der Waals surface area (Å²) in [4.78, 5) is 34.6. The smallest absolute Gasteiger partial charge is 0.347 e. The molecule has 1 heterocycles. The zero-order valence-corrected chi connectivity index (χ0v) is 14.8. The van der Waals surface area contributed by atoms with Crippen LogP contribution in [0.3, 0.4) is 0 Å². The Morgan fingerprint density at radius 3 is 2.27 bits per heavy atom. The number of ether oxygens (including phenoxy) is 2. The molecule has 0 bridgehead atoms. The van der Waals surface area contributed by atoms with Crippen LogP contribution in [0.5, 0.6) is 0 Å². The van der Waals surface area contributed by atoms with Gasteiger partial charge < -0.3 is 19.9 Å². The molecule has 0 saturated heterocycles. The second kappa shape index (κ2) is 8.73. The minimum Gasteiger partial charge on any atom is -0.478 e. The Morgan fingerprint density at radius 2 is 1.82 bits per heavy atom. The maximum atomic E-state index is 11.8. The monoisotopic (exact) mass is 439 g/mol. The molecular weight excluding hydrogens is 425 g/mol. The van der Waals surface area contributed by atoms with Gasteiger partial charge in [0.25, 0.3) is 0 Å². The molecule has 2 N–H and O–H groups in total. The van der Waals surface area contributed by atoms with E-state index in [9.17, 15) is 14.4 Å². The van der Waals surface area contributed by atoms with Crippen LogP contribution in [0.25, 0.3) is 0 Å². The SMILES string of the molecule is CCOC(=O)C(=CNc1sc(I)cc1C(=O)O)C(=O)OCC. The normalized spacial score (nSPS) is 9.77. The summed E-state index contributed by atoms with van der Waals surface area (Å²) in [6.45, 7) is 3.43. The largest absolute Gasteiger partial charge is 0.478 e. The van der Waals surface area contributed by atoms with Crippen LogP contribution >= 0.6 is 33.9 Å². The summed E-state index contributed by atoms with van der Waals surface area (Å²) in [6, 6.07) is 1.48. The maximum Gasteiger partial charge on any atom is 0.347 e. The Morgan fingerprint density at radius 1 is 1.27 bits per heavy atom. The lowest BCUT2D eigenvalue weighted by atomic mass is 10.3. The van der Waals surface area contributed by atoms with E-state index in [1.807, 2.05) is 22.6 Å². The number of carboxylic acids is 1. The van der Waals surface area contributed by atoms with Crippen molar-refractivity contribution in [2.75, 3.05) is 18.5 Å². The number of hydrogen-bond acceptors (Lipinski definition) is 7. The van der Waals surface area contributed by atoms with Gasteiger partial charge in [0.1, 0.15) is 5.00 Å². The molecule has 0 spiro atoms. The number of hydrogen-bond donors (Lipinski definition) is 2. The van der Waals surface area contributed by atoms with Crippen molar-refractivity contribution in [3.8, 4) is 0 Å². The minimum atomic E-state index is -1.11. The Balaban J connectivity index is 3.05. The van der Waals surface area contributed by atoms with Gasteiger partial charge in [0.05, 0.1) is 21.7 Å². The summed E-state index contributed by atoms with van der Waals surface area (Å²) >= 11 is 3.16. The molecule has 0 unspecified atom stereocenters. The quantitative estimate of drug-likeness (QED) is 0.221. The van der Waals surface area contributed by atoms with Crippen molar-refractivity contribution in [1.29, 1.82) is 0 Å². The Labute approximate surface area is 144 Å². The van der Waals surface area contributed by atoms with E-state index in [-0.39, 0.29) is 24.4 Å². The van der Waals surface area contributed by atoms with Crippen LogP contribution in [0.1, 0.15) is 24.2 Å². The average molecular weight is 439 g/mol. The zero-order valence-electron chi connectivity index (χ0n) is 11.8. The molecule has 0 fully saturated rings. The predicted molar refractivity (Wildman–Crippen MR) is 89.0 cm³/mol. The highest BCUT2D eigenvalue weighted by Gasteiger charge is 2.22. The lowest BCUT2D eigenvalue weighted by Crippen LogP contribution is -2.19. The summed E-state index contributed by atoms with van der Waals surface area (Å²) in [5, 5.41) is 12.1. The fraction of sp³-hybridized carbons (Fsp3) is 0.308. The van der Waals surface area contributed by atoms with Crippen LogP contribution in [-0.2, 0) is 19.1 Å². The summed E-state index contributed by atoms with van der Waals surface area (Å²) in [7, 11) is 0. The van der Waals surface area contributed by atoms with E-state index < -0.39 is 17.9 Å². The van der Waals surface area contributed by atoms with Gasteiger partial charge in [0.15, 0.2) is 5.57 Å². The van der Waals surface area contributed by atoms with Gasteiger partial charge >= 0.3 is 17.9 Å². The molecule has 7 nitrogen and oxygen atoms in total. The third-order valence-electron chi connectivity index (χ3n) is 2.27. The maximum absolute atomic E-state index is 11.8. The molecule has 1 aromatic heterocycles. The van der Waals surface area contributed by atoms with Crippen LogP contribution < -0.4 is 5.32 Å². The molecule has 0 aliphatic rings. The predicted octanol–water partition coefficient (Wildman–Crippen LogP) is 2.47. The first kappa shape index (κ1) is 18.4. The number of halogens is 1. The first-order chi connectivity index (χ1) is 10.4. The molecule has 0 atom stereocenters. The van der Waals surface area contributed by atoms with Crippen molar-refractivity contribution >= 4 is 56.8 Å². The molecule has 22 heavy (non-hydrogen) atoms. The highest BCUT2D eigenvalue weighted by Crippen LogP contribution is 2.29. The van der Waals surface area contributed by atoms with E-state index in [1.165, 1.54) is 17.4 Å². The van der Waals surface area contributed by atoms with E-state index in [4.69, 9.17) is 14.6 Å². The number of thiophene rings is 1. The molecule has 120 valence electrons. The first-order valence-electron chi connectivity index (χ1n) is 6.24. The number of anilines is 1. The fourth-order valence-electron chi connectivity index (χ4n) is 1.38. The number of esters is 2. The number of carbonyl (C=O) groups excluding carboxylic acids is 2. The van der Waals surface area contributed by atoms with E-state index in [1.54, 1.807) is 13.8 Å². The first-order valence-corrected chi connectivity index (χ1v) is 8.13. The second-order valence-electron chi connectivity index (χ2n) is 3.74. The number of aromatic carboxylic acids is 1. The number of nitrogens with one attached hydrogen (secondary N) is 1. The molecular formula is C13H14INO6S. The van der Waals surface area contributed by atoms with Crippen molar-refractivity contribution in [2.24, 2.45) is 0 Å². The molecule has 0 amide bonds. The van der Waals surface area contributed by atoms with Crippen LogP contribution in [0.2, 0.25) is 0 Å². The van der Waals surface area contributed by atoms with Crippen molar-refractivity contribution in [3.63, 3.8) is 0 Å². The summed E-state index contributed by atoms with van der Waals surface area (Å²) in [5.74, 6) is -2.78. The average Bonchev–Trinajstić information content (AvgIpc) is 2.81. The van der Waals surface area contributed by atoms with Gasteiger partial charge in [-0.05, 0) is 42.5 Å². The molecule has 0 aliphatic heterocycles. The number of rotatable bonds is 7. The van der Waals surface area contributed by atoms with Crippen molar-refractivity contribution in [1.82, 2.24) is 0 Å². The molecule has 1 aromatic rings. The highest BCUT2D eigenvalue weighted by molar-refractivity contribution is 14.1. The standard InChI is InChI=1S/C13H14INO6S/c1-3-20-12(18)8(13(19)21-4-2)6-15-10-7(11(16)17)5-9(14)22-10/h5-6,15H,3-4H2,1-2H3,(H,16,17). The van der Waals surface area contributed by atoms with Gasteiger partial charge in [-0.2, -0.15) is 0 Å². The van der Waals surface area contributed by atoms with Gasteiger partial charge in [-0.3, -0.25) is 0 Å². The molecule has 1 rings (SSSR count). The fourth-order valence-corrected chi connectivity index (χ4v) is 3.10. The Kier molecular flexibility index (Phi) is 7.32. The van der Waals surface area contributed by atoms with Crippen LogP contribution in [0.4, 0.5) is 5.00 Å². The highest BCUT2D eigenvalue weighted by atomic mass is 127. The van der Waals surface area contributed by atoms with Crippen LogP contribution in [-0.4, -0.2) is 36.2 Å². The molecule has 0 radical (unpaired) electrons. The molecule has 9 heteroatoms. The van der Waals surface area contributed by atoms with Gasteiger partial charge in [-0.25, -0.2) is 14.4 Å². The molecule has 0 aliphatic carbocycles. The Bertz CT molecular complexity index is 590. The lowest BCUT2D eigenvalue weighted by molar-refractivity contribution is -0.146. The van der Waals surface area contributed by atoms with E-state index in [2.05, 4.69) is 5.32 Å². The number of carboxylic acid groups (broad SMARTS) is 1. The van der Waals surface area contributed by atoms with E-state index in [0.717, 1.165) is 9.08 Å². The van der Waals surface area contributed by atoms with Gasteiger partial charge in [0.2, 0.25) is 0 Å². The third-order valence-corrected chi connectivity index (χ3v) is 4.10. The summed E-state index contributed by atoms with van der Waals surface area (Å²) in [6.07, 6.45) is 1.10. The van der Waals surface area contributed by atoms with Crippen LogP contribution in [0.15, 0.2) is 17.8 Å². The topological polar surface area (TPSA) is 102 Å². The Hall–Kier alpha value is -1.62. The van der Waals surface area contributed by atoms with Crippen molar-refractivity contribution in [3.05, 3.63) is 26.3 Å². The molecule has 0 aromatic carbocycles. The van der Waals surface area contributed by atoms with Crippen molar-refractivity contribution in [2.45, 2.75) is 13.8 Å². The van der Waals surface area contributed by atoms with E-state index >= 15 is 0 Å².